The normalized spacial score (nSPS) is 10.9. The van der Waals surface area contributed by atoms with Gasteiger partial charge in [0.25, 0.3) is 5.91 Å². The first-order valence-corrected chi connectivity index (χ1v) is 9.39. The maximum Gasteiger partial charge on any atom is 0.265 e. The fourth-order valence-corrected chi connectivity index (χ4v) is 4.03. The van der Waals surface area contributed by atoms with Crippen LogP contribution in [0.15, 0.2) is 54.6 Å². The van der Waals surface area contributed by atoms with Gasteiger partial charge in [-0.2, -0.15) is 5.10 Å². The number of fused-ring (bicyclic) bond motifs is 1. The van der Waals surface area contributed by atoms with Crippen LogP contribution in [-0.4, -0.2) is 22.8 Å². The molecule has 2 heterocycles. The van der Waals surface area contributed by atoms with Gasteiger partial charge in [0, 0.05) is 5.39 Å². The quantitative estimate of drug-likeness (QED) is 0.547. The number of benzene rings is 2. The van der Waals surface area contributed by atoms with Crippen molar-refractivity contribution in [3.8, 4) is 11.4 Å². The highest BCUT2D eigenvalue weighted by atomic mass is 32.1. The van der Waals surface area contributed by atoms with Crippen LogP contribution in [0.2, 0.25) is 0 Å². The Bertz CT molecular complexity index is 1130. The number of hydrogen-bond acceptors (Lipinski definition) is 4. The molecule has 0 unspecified atom stereocenters. The van der Waals surface area contributed by atoms with E-state index in [1.807, 2.05) is 54.1 Å². The third-order valence-electron chi connectivity index (χ3n) is 4.40. The topological polar surface area (TPSA) is 56.1 Å². The summed E-state index contributed by atoms with van der Waals surface area (Å²) in [6.45, 7) is 4.01. The van der Waals surface area contributed by atoms with Crippen molar-refractivity contribution in [2.75, 3.05) is 12.4 Å². The lowest BCUT2D eigenvalue weighted by Gasteiger charge is -2.08. The highest BCUT2D eigenvalue weighted by Crippen LogP contribution is 2.32. The number of aryl methyl sites for hydroxylation is 2. The molecule has 1 N–H and O–H groups in total. The van der Waals surface area contributed by atoms with E-state index >= 15 is 0 Å². The van der Waals surface area contributed by atoms with Crippen LogP contribution in [0, 0.1) is 13.8 Å². The summed E-state index contributed by atoms with van der Waals surface area (Å²) in [5.41, 5.74) is 3.73. The van der Waals surface area contributed by atoms with Crippen molar-refractivity contribution < 1.29 is 9.53 Å². The second-order valence-electron chi connectivity index (χ2n) is 6.32. The molecule has 0 fully saturated rings. The van der Waals surface area contributed by atoms with Gasteiger partial charge in [0.1, 0.15) is 10.6 Å². The van der Waals surface area contributed by atoms with Crippen LogP contribution in [0.3, 0.4) is 0 Å². The highest BCUT2D eigenvalue weighted by Gasteiger charge is 2.18. The number of amides is 1. The number of aromatic nitrogens is 2. The molecule has 0 aliphatic carbocycles. The molecule has 0 aliphatic rings. The van der Waals surface area contributed by atoms with Gasteiger partial charge in [-0.05, 0) is 44.2 Å². The van der Waals surface area contributed by atoms with Crippen molar-refractivity contribution in [3.63, 3.8) is 0 Å². The summed E-state index contributed by atoms with van der Waals surface area (Å²) in [5.74, 6) is 0.476. The molecule has 0 atom stereocenters. The minimum atomic E-state index is -0.157. The molecule has 0 radical (unpaired) electrons. The molecule has 0 saturated heterocycles. The zero-order valence-electron chi connectivity index (χ0n) is 15.3. The first-order valence-electron chi connectivity index (χ1n) is 8.57. The van der Waals surface area contributed by atoms with E-state index in [-0.39, 0.29) is 5.91 Å². The van der Waals surface area contributed by atoms with Crippen LogP contribution >= 0.6 is 11.3 Å². The van der Waals surface area contributed by atoms with Crippen LogP contribution in [0.5, 0.6) is 5.75 Å². The molecule has 4 rings (SSSR count). The maximum absolute atomic E-state index is 12.8. The van der Waals surface area contributed by atoms with E-state index in [0.29, 0.717) is 16.3 Å². The molecular weight excluding hydrogens is 358 g/mol. The minimum absolute atomic E-state index is 0.157. The number of hydrogen-bond donors (Lipinski definition) is 1. The number of nitrogens with zero attached hydrogens (tertiary/aromatic N) is 2. The van der Waals surface area contributed by atoms with Gasteiger partial charge in [-0.25, -0.2) is 4.68 Å². The number of para-hydroxylation sites is 2. The third kappa shape index (κ3) is 3.19. The zero-order chi connectivity index (χ0) is 19.0. The fraction of sp³-hybridized carbons (Fsp3) is 0.143. The van der Waals surface area contributed by atoms with Gasteiger partial charge < -0.3 is 10.1 Å². The van der Waals surface area contributed by atoms with Gasteiger partial charge >= 0.3 is 0 Å². The molecule has 4 aromatic rings. The summed E-state index contributed by atoms with van der Waals surface area (Å²) in [4.78, 5) is 14.4. The van der Waals surface area contributed by atoms with Crippen molar-refractivity contribution in [2.24, 2.45) is 0 Å². The lowest BCUT2D eigenvalue weighted by atomic mass is 10.2. The number of nitrogens with one attached hydrogen (secondary N) is 1. The van der Waals surface area contributed by atoms with Crippen LogP contribution in [-0.2, 0) is 0 Å². The zero-order valence-corrected chi connectivity index (χ0v) is 16.1. The molecule has 2 aromatic carbocycles. The Morgan fingerprint density at radius 2 is 1.85 bits per heavy atom. The molecule has 0 saturated carbocycles. The Labute approximate surface area is 161 Å². The van der Waals surface area contributed by atoms with Crippen LogP contribution in [0.25, 0.3) is 15.9 Å². The largest absolute Gasteiger partial charge is 0.495 e. The number of thiophene rings is 1. The number of rotatable bonds is 4. The lowest BCUT2D eigenvalue weighted by Crippen LogP contribution is -2.11. The number of anilines is 1. The van der Waals surface area contributed by atoms with E-state index < -0.39 is 0 Å². The van der Waals surface area contributed by atoms with Crippen LogP contribution in [0.1, 0.15) is 20.9 Å². The van der Waals surface area contributed by atoms with E-state index in [1.165, 1.54) is 16.9 Å². The number of methoxy groups -OCH3 is 1. The summed E-state index contributed by atoms with van der Waals surface area (Å²) in [6, 6.07) is 17.5. The Kier molecular flexibility index (Phi) is 4.41. The molecule has 0 aliphatic heterocycles. The average Bonchev–Trinajstić information content (AvgIpc) is 3.24. The first kappa shape index (κ1) is 17.3. The number of carbonyl (C=O) groups excluding carboxylic acids is 1. The molecule has 0 spiro atoms. The Hall–Kier alpha value is -3.12. The van der Waals surface area contributed by atoms with Gasteiger partial charge in [0.05, 0.1) is 29.1 Å². The van der Waals surface area contributed by atoms with Crippen LogP contribution in [0.4, 0.5) is 5.69 Å². The Balaban J connectivity index is 1.70. The van der Waals surface area contributed by atoms with Gasteiger partial charge in [-0.1, -0.05) is 29.8 Å². The fourth-order valence-electron chi connectivity index (χ4n) is 2.95. The van der Waals surface area contributed by atoms with Gasteiger partial charge in [-0.3, -0.25) is 4.79 Å². The summed E-state index contributed by atoms with van der Waals surface area (Å²) >= 11 is 1.43. The van der Waals surface area contributed by atoms with Crippen molar-refractivity contribution >= 4 is 33.1 Å². The number of ether oxygens (including phenoxy) is 1. The maximum atomic E-state index is 12.8. The predicted octanol–water partition coefficient (Wildman–Crippen LogP) is 4.96. The lowest BCUT2D eigenvalue weighted by molar-refractivity contribution is 0.103. The Morgan fingerprint density at radius 3 is 2.59 bits per heavy atom. The first-order chi connectivity index (χ1) is 13.1. The SMILES string of the molecule is COc1ccccc1NC(=O)c1cc2c(C)nn(-c3ccc(C)cc3)c2s1. The highest BCUT2D eigenvalue weighted by molar-refractivity contribution is 7.20. The molecule has 136 valence electrons. The van der Waals surface area contributed by atoms with E-state index in [0.717, 1.165) is 21.6 Å². The number of carbonyl (C=O) groups is 1. The summed E-state index contributed by atoms with van der Waals surface area (Å²) in [5, 5.41) is 8.56. The van der Waals surface area contributed by atoms with Crippen molar-refractivity contribution in [3.05, 3.63) is 70.7 Å². The van der Waals surface area contributed by atoms with Crippen molar-refractivity contribution in [2.45, 2.75) is 13.8 Å². The van der Waals surface area contributed by atoms with E-state index in [4.69, 9.17) is 4.74 Å². The van der Waals surface area contributed by atoms with Gasteiger partial charge in [-0.15, -0.1) is 11.3 Å². The summed E-state index contributed by atoms with van der Waals surface area (Å²) < 4.78 is 7.20. The molecular formula is C21H19N3O2S. The summed E-state index contributed by atoms with van der Waals surface area (Å²) in [6.07, 6.45) is 0. The van der Waals surface area contributed by atoms with Crippen molar-refractivity contribution in [1.29, 1.82) is 0 Å². The van der Waals surface area contributed by atoms with E-state index in [9.17, 15) is 4.79 Å². The molecule has 6 heteroatoms. The van der Waals surface area contributed by atoms with Crippen molar-refractivity contribution in [1.82, 2.24) is 9.78 Å². The van der Waals surface area contributed by atoms with Gasteiger partial charge in [0.15, 0.2) is 0 Å². The monoisotopic (exact) mass is 377 g/mol. The second kappa shape index (κ2) is 6.89. The third-order valence-corrected chi connectivity index (χ3v) is 5.51. The predicted molar refractivity (Wildman–Crippen MR) is 109 cm³/mol. The smallest absolute Gasteiger partial charge is 0.265 e. The summed E-state index contributed by atoms with van der Waals surface area (Å²) in [7, 11) is 1.59. The van der Waals surface area contributed by atoms with Crippen LogP contribution < -0.4 is 10.1 Å². The minimum Gasteiger partial charge on any atom is -0.495 e. The Morgan fingerprint density at radius 1 is 1.11 bits per heavy atom. The molecule has 27 heavy (non-hydrogen) atoms. The van der Waals surface area contributed by atoms with E-state index in [1.54, 1.807) is 7.11 Å². The van der Waals surface area contributed by atoms with Gasteiger partial charge in [0.2, 0.25) is 0 Å². The van der Waals surface area contributed by atoms with E-state index in [2.05, 4.69) is 29.5 Å². The molecule has 5 nitrogen and oxygen atoms in total. The average molecular weight is 377 g/mol. The molecule has 2 aromatic heterocycles. The standard InChI is InChI=1S/C21H19N3O2S/c1-13-8-10-15(11-9-13)24-21-16(14(2)23-24)12-19(27-21)20(25)22-17-6-4-5-7-18(17)26-3/h4-12H,1-3H3,(H,22,25). The second-order valence-corrected chi connectivity index (χ2v) is 7.35. The molecule has 0 bridgehead atoms. The molecule has 1 amide bonds.